The van der Waals surface area contributed by atoms with Crippen LogP contribution in [0.3, 0.4) is 0 Å². The molecule has 1 unspecified atom stereocenters. The van der Waals surface area contributed by atoms with Crippen LogP contribution in [0.25, 0.3) is 0 Å². The number of ether oxygens (including phenoxy) is 1. The van der Waals surface area contributed by atoms with Gasteiger partial charge in [0, 0.05) is 0 Å². The van der Waals surface area contributed by atoms with Gasteiger partial charge in [-0.3, -0.25) is 0 Å². The van der Waals surface area contributed by atoms with Gasteiger partial charge in [-0.15, -0.1) is 0 Å². The zero-order valence-electron chi connectivity index (χ0n) is 14.3. The number of carbonyl (C=O) groups is 1. The summed E-state index contributed by atoms with van der Waals surface area (Å²) < 4.78 is 88.9. The van der Waals surface area contributed by atoms with Gasteiger partial charge in [0.25, 0.3) is 0 Å². The van der Waals surface area contributed by atoms with Gasteiger partial charge in [0.1, 0.15) is 0 Å². The Morgan fingerprint density at radius 2 is 1.56 bits per heavy atom. The van der Waals surface area contributed by atoms with Crippen molar-refractivity contribution in [2.24, 2.45) is 5.92 Å². The predicted octanol–water partition coefficient (Wildman–Crippen LogP) is -0.382. The van der Waals surface area contributed by atoms with E-state index in [4.69, 9.17) is 4.74 Å². The van der Waals surface area contributed by atoms with Gasteiger partial charge in [-0.1, -0.05) is 0 Å². The number of aliphatic hydroxyl groups is 1. The van der Waals surface area contributed by atoms with Gasteiger partial charge in [-0.25, -0.2) is 0 Å². The summed E-state index contributed by atoms with van der Waals surface area (Å²) in [7, 11) is 0. The van der Waals surface area contributed by atoms with Crippen molar-refractivity contribution in [2.45, 2.75) is 63.8 Å². The molecule has 0 aromatic rings. The number of hydrogen-bond donors (Lipinski definition) is 3. The normalized spacial score (nSPS) is 31.1. The number of fused-ring (bicyclic) bond motifs is 1. The molecule has 3 rings (SSSR count). The first kappa shape index (κ1) is 22.1. The Bertz CT molecular complexity index is 603. The molecule has 1 atom stereocenters. The van der Waals surface area contributed by atoms with E-state index >= 15 is 0 Å². The quantitative estimate of drug-likeness (QED) is 0.0733. The fourth-order valence-electron chi connectivity index (χ4n) is 3.41. The first-order chi connectivity index (χ1) is 12.2. The molecule has 0 bridgehead atoms. The summed E-state index contributed by atoms with van der Waals surface area (Å²) >= 11 is -1.96. The number of hydrogen-bond acceptors (Lipinski definition) is 5. The van der Waals surface area contributed by atoms with Gasteiger partial charge < -0.3 is 0 Å². The molecule has 0 aromatic carbocycles. The van der Waals surface area contributed by atoms with Gasteiger partial charge in [0.15, 0.2) is 0 Å². The van der Waals surface area contributed by atoms with E-state index in [-0.39, 0.29) is 16.5 Å². The molecule has 0 aromatic heterocycles. The number of rotatable bonds is 5. The van der Waals surface area contributed by atoms with E-state index in [2.05, 4.69) is 7.06 Å². The molecule has 2 heterocycles. The zero-order valence-corrected chi connectivity index (χ0v) is 18.6. The summed E-state index contributed by atoms with van der Waals surface area (Å²) in [6.07, 6.45) is -13.7. The maximum atomic E-state index is 13.0. The molecule has 0 spiro atoms. The van der Waals surface area contributed by atoms with Gasteiger partial charge in [-0.2, -0.15) is 0 Å². The molecular formula is C14H19F6I2N2O3-. The van der Waals surface area contributed by atoms with Crippen LogP contribution in [-0.2, 0) is 9.53 Å². The molecule has 2 aliphatic heterocycles. The Hall–Kier alpha value is 0.390. The van der Waals surface area contributed by atoms with E-state index in [0.29, 0.717) is 0 Å². The minimum atomic E-state index is -5.82. The number of halogens is 8. The van der Waals surface area contributed by atoms with Crippen molar-refractivity contribution in [2.75, 3.05) is 4.93 Å². The van der Waals surface area contributed by atoms with Crippen LogP contribution in [0.15, 0.2) is 0 Å². The van der Waals surface area contributed by atoms with E-state index in [1.165, 1.54) is 0 Å². The first-order valence-corrected chi connectivity index (χ1v) is 14.5. The summed E-state index contributed by atoms with van der Waals surface area (Å²) in [4.78, 5) is 14.6. The Labute approximate surface area is 169 Å². The zero-order chi connectivity index (χ0) is 20.5. The van der Waals surface area contributed by atoms with Crippen molar-refractivity contribution in [1.29, 1.82) is 0 Å². The van der Waals surface area contributed by atoms with Crippen molar-refractivity contribution in [3.63, 3.8) is 0 Å². The van der Waals surface area contributed by atoms with Crippen LogP contribution in [0.4, 0.5) is 26.3 Å². The molecule has 1 saturated carbocycles. The maximum absolute atomic E-state index is 13.0. The second kappa shape index (κ2) is 6.70. The topological polar surface area (TPSA) is 90.4 Å². The van der Waals surface area contributed by atoms with Crippen molar-refractivity contribution in [3.8, 4) is 0 Å². The van der Waals surface area contributed by atoms with Crippen LogP contribution in [0.5, 0.6) is 0 Å². The van der Waals surface area contributed by atoms with Gasteiger partial charge in [-0.05, 0) is 0 Å². The molecule has 27 heavy (non-hydrogen) atoms. The molecule has 1 aliphatic carbocycles. The molecular weight excluding hydrogens is 612 g/mol. The van der Waals surface area contributed by atoms with Crippen molar-refractivity contribution < 1.29 is 62.2 Å². The third kappa shape index (κ3) is 3.36. The van der Waals surface area contributed by atoms with Crippen LogP contribution in [-0.4, -0.2) is 47.2 Å². The number of esters is 1. The van der Waals surface area contributed by atoms with E-state index in [9.17, 15) is 36.2 Å². The average Bonchev–Trinajstić information content (AvgIpc) is 3.42. The van der Waals surface area contributed by atoms with E-state index in [1.54, 1.807) is 6.92 Å². The van der Waals surface area contributed by atoms with E-state index in [1.807, 2.05) is 4.93 Å². The van der Waals surface area contributed by atoms with Crippen molar-refractivity contribution in [1.82, 2.24) is 7.06 Å². The summed E-state index contributed by atoms with van der Waals surface area (Å²) in [6.45, 7) is 1.80. The second-order valence-corrected chi connectivity index (χ2v) is 14.5. The fraction of sp³-hybridized carbons (Fsp3) is 0.929. The molecule has 3 aliphatic rings. The van der Waals surface area contributed by atoms with Crippen LogP contribution in [0.1, 0.15) is 32.6 Å². The molecule has 3 N–H and O–H groups in total. The third-order valence-electron chi connectivity index (χ3n) is 5.47. The molecule has 3 fully saturated rings. The number of alkyl halides is 9. The van der Waals surface area contributed by atoms with E-state index < -0.39 is 93.8 Å². The summed E-state index contributed by atoms with van der Waals surface area (Å²) in [5.41, 5.74) is -4.74. The monoisotopic (exact) mass is 631 g/mol. The fourth-order valence-corrected chi connectivity index (χ4v) is 13.7. The van der Waals surface area contributed by atoms with Crippen LogP contribution < -0.4 is 28.3 Å². The van der Waals surface area contributed by atoms with Gasteiger partial charge >= 0.3 is 170 Å². The third-order valence-corrected chi connectivity index (χ3v) is 14.8. The Kier molecular flexibility index (Phi) is 5.48. The molecule has 2 saturated heterocycles. The molecule has 5 nitrogen and oxygen atoms in total. The molecule has 160 valence electrons. The first-order valence-electron chi connectivity index (χ1n) is 8.06. The average molecular weight is 631 g/mol. The number of carbonyl (C=O) groups excluding carboxylic acids is 1. The van der Waals surface area contributed by atoms with Gasteiger partial charge in [0.2, 0.25) is 0 Å². The van der Waals surface area contributed by atoms with Crippen LogP contribution in [0.2, 0.25) is 0 Å². The Morgan fingerprint density at radius 3 is 1.89 bits per heavy atom. The van der Waals surface area contributed by atoms with Crippen molar-refractivity contribution >= 4 is 26.3 Å². The summed E-state index contributed by atoms with van der Waals surface area (Å²) in [6, 6.07) is 0. The second-order valence-electron chi connectivity index (χ2n) is 6.96. The molecule has 13 heteroatoms. The standard InChI is InChI=1S/C14H19F6I2N2O3/c1-10(21-2,14-22(23-14)24-14)9(25)27-8-5-3-7(4-6-8)11(26,12(15,16)17)13(18,19)20/h7-8,23-24,26H,3-6H2,1-2H3/q-1. The Morgan fingerprint density at radius 1 is 1.11 bits per heavy atom. The number of nitrogens with one attached hydrogen (secondary N) is 2. The molecule has 0 radical (unpaired) electrons. The summed E-state index contributed by atoms with van der Waals surface area (Å²) in [5, 5.41) is 9.50. The van der Waals surface area contributed by atoms with Gasteiger partial charge in [0.05, 0.1) is 0 Å². The van der Waals surface area contributed by atoms with Crippen LogP contribution in [0, 0.1) is 5.92 Å². The predicted molar refractivity (Wildman–Crippen MR) is 86.2 cm³/mol. The van der Waals surface area contributed by atoms with Crippen molar-refractivity contribution in [3.05, 3.63) is 0 Å². The molecule has 0 amide bonds. The summed E-state index contributed by atoms with van der Waals surface area (Å²) in [5.74, 6) is -2.45. The Balaban J connectivity index is 1.63. The van der Waals surface area contributed by atoms with Crippen LogP contribution >= 0.6 is 20.4 Å². The van der Waals surface area contributed by atoms with E-state index in [0.717, 1.165) is 0 Å². The minimum absolute atomic E-state index is 0.140. The SMILES string of the molecule is C[I-]C(C)(C(=O)OC1CCC(C(O)(C(F)(F)F)C(F)(F)F)CC1)C12NI1N2.